The minimum Gasteiger partial charge on any atom is -0.385 e. The van der Waals surface area contributed by atoms with Crippen molar-refractivity contribution < 1.29 is 4.74 Å². The Kier molecular flexibility index (Phi) is 4.80. The quantitative estimate of drug-likeness (QED) is 0.512. The van der Waals surface area contributed by atoms with Crippen LogP contribution in [0.25, 0.3) is 22.6 Å². The molecule has 5 nitrogen and oxygen atoms in total. The SMILES string of the molecule is COCCCn1c(-c2ccccc2Cl)nc2c(Cl)nc(C)nc21. The number of methoxy groups -OCH3 is 1. The molecular weight excluding hydrogens is 335 g/mol. The molecule has 23 heavy (non-hydrogen) atoms. The van der Waals surface area contributed by atoms with Crippen LogP contribution in [0.1, 0.15) is 12.2 Å². The summed E-state index contributed by atoms with van der Waals surface area (Å²) in [5.41, 5.74) is 2.15. The van der Waals surface area contributed by atoms with Gasteiger partial charge in [0.25, 0.3) is 0 Å². The van der Waals surface area contributed by atoms with E-state index in [2.05, 4.69) is 15.0 Å². The van der Waals surface area contributed by atoms with E-state index in [0.717, 1.165) is 17.8 Å². The van der Waals surface area contributed by atoms with Crippen molar-refractivity contribution in [1.82, 2.24) is 19.5 Å². The second kappa shape index (κ2) is 6.83. The summed E-state index contributed by atoms with van der Waals surface area (Å²) in [6, 6.07) is 7.60. The van der Waals surface area contributed by atoms with Crippen LogP contribution in [0.5, 0.6) is 0 Å². The molecule has 0 N–H and O–H groups in total. The summed E-state index contributed by atoms with van der Waals surface area (Å²) in [4.78, 5) is 13.3. The molecule has 0 aliphatic carbocycles. The van der Waals surface area contributed by atoms with Crippen molar-refractivity contribution in [3.63, 3.8) is 0 Å². The molecule has 0 amide bonds. The van der Waals surface area contributed by atoms with E-state index in [1.165, 1.54) is 0 Å². The summed E-state index contributed by atoms with van der Waals surface area (Å²) in [5.74, 6) is 1.35. The van der Waals surface area contributed by atoms with Crippen LogP contribution in [0, 0.1) is 6.92 Å². The summed E-state index contributed by atoms with van der Waals surface area (Å²) in [6.45, 7) is 3.17. The van der Waals surface area contributed by atoms with Crippen molar-refractivity contribution in [2.75, 3.05) is 13.7 Å². The highest BCUT2D eigenvalue weighted by Crippen LogP contribution is 2.31. The number of nitrogens with zero attached hydrogens (tertiary/aromatic N) is 4. The molecule has 0 unspecified atom stereocenters. The van der Waals surface area contributed by atoms with Gasteiger partial charge in [0.15, 0.2) is 10.8 Å². The largest absolute Gasteiger partial charge is 0.385 e. The lowest BCUT2D eigenvalue weighted by atomic mass is 10.2. The number of halogens is 2. The average Bonchev–Trinajstić information content (AvgIpc) is 2.87. The number of ether oxygens (including phenoxy) is 1. The summed E-state index contributed by atoms with van der Waals surface area (Å²) >= 11 is 12.6. The van der Waals surface area contributed by atoms with Crippen LogP contribution >= 0.6 is 23.2 Å². The minimum atomic E-state index is 0.353. The minimum absolute atomic E-state index is 0.353. The second-order valence-electron chi connectivity index (χ2n) is 5.15. The van der Waals surface area contributed by atoms with Crippen LogP contribution in [0.4, 0.5) is 0 Å². The van der Waals surface area contributed by atoms with E-state index < -0.39 is 0 Å². The number of aromatic nitrogens is 4. The van der Waals surface area contributed by atoms with Gasteiger partial charge in [0.2, 0.25) is 0 Å². The Morgan fingerprint density at radius 3 is 2.65 bits per heavy atom. The number of hydrogen-bond donors (Lipinski definition) is 0. The lowest BCUT2D eigenvalue weighted by Gasteiger charge is -2.09. The number of aryl methyl sites for hydroxylation is 2. The van der Waals surface area contributed by atoms with Crippen LogP contribution in [0.15, 0.2) is 24.3 Å². The maximum atomic E-state index is 6.34. The van der Waals surface area contributed by atoms with Crippen molar-refractivity contribution in [2.45, 2.75) is 19.9 Å². The highest BCUT2D eigenvalue weighted by atomic mass is 35.5. The predicted octanol–water partition coefficient (Wildman–Crippen LogP) is 4.15. The Morgan fingerprint density at radius 2 is 1.91 bits per heavy atom. The molecule has 0 bridgehead atoms. The van der Waals surface area contributed by atoms with Gasteiger partial charge in [-0.2, -0.15) is 0 Å². The molecule has 7 heteroatoms. The Hall–Kier alpha value is -1.69. The zero-order valence-corrected chi connectivity index (χ0v) is 14.4. The molecule has 0 aliphatic heterocycles. The van der Waals surface area contributed by atoms with Gasteiger partial charge >= 0.3 is 0 Å². The molecule has 0 radical (unpaired) electrons. The maximum Gasteiger partial charge on any atom is 0.165 e. The molecule has 2 aromatic heterocycles. The fraction of sp³-hybridized carbons (Fsp3) is 0.312. The molecule has 0 aliphatic rings. The number of rotatable bonds is 5. The molecule has 3 rings (SSSR count). The van der Waals surface area contributed by atoms with Gasteiger partial charge in [-0.1, -0.05) is 35.3 Å². The zero-order chi connectivity index (χ0) is 16.4. The molecular formula is C16H16Cl2N4O. The van der Waals surface area contributed by atoms with Crippen molar-refractivity contribution >= 4 is 34.4 Å². The lowest BCUT2D eigenvalue weighted by Crippen LogP contribution is -2.05. The molecule has 1 aromatic carbocycles. The zero-order valence-electron chi connectivity index (χ0n) is 12.9. The Bertz CT molecular complexity index is 847. The molecule has 0 saturated carbocycles. The fourth-order valence-electron chi connectivity index (χ4n) is 2.50. The van der Waals surface area contributed by atoms with Crippen molar-refractivity contribution in [3.05, 3.63) is 40.3 Å². The summed E-state index contributed by atoms with van der Waals surface area (Å²) in [6.07, 6.45) is 0.833. The lowest BCUT2D eigenvalue weighted by molar-refractivity contribution is 0.191. The van der Waals surface area contributed by atoms with Crippen LogP contribution in [0.3, 0.4) is 0 Å². The van der Waals surface area contributed by atoms with Gasteiger partial charge in [-0.15, -0.1) is 0 Å². The van der Waals surface area contributed by atoms with E-state index in [4.69, 9.17) is 27.9 Å². The number of hydrogen-bond acceptors (Lipinski definition) is 4. The Labute approximate surface area is 144 Å². The second-order valence-corrected chi connectivity index (χ2v) is 5.91. The predicted molar refractivity (Wildman–Crippen MR) is 92.0 cm³/mol. The van der Waals surface area contributed by atoms with Crippen LogP contribution in [-0.4, -0.2) is 33.2 Å². The first kappa shape index (κ1) is 16.2. The third-order valence-corrected chi connectivity index (χ3v) is 4.10. The number of imidazole rings is 1. The van der Waals surface area contributed by atoms with E-state index in [1.807, 2.05) is 35.8 Å². The van der Waals surface area contributed by atoms with Crippen LogP contribution in [-0.2, 0) is 11.3 Å². The van der Waals surface area contributed by atoms with E-state index in [-0.39, 0.29) is 0 Å². The van der Waals surface area contributed by atoms with Gasteiger partial charge in [0.1, 0.15) is 17.2 Å². The average molecular weight is 351 g/mol. The molecule has 0 atom stereocenters. The van der Waals surface area contributed by atoms with Gasteiger partial charge in [-0.05, 0) is 25.5 Å². The molecule has 2 heterocycles. The van der Waals surface area contributed by atoms with E-state index in [0.29, 0.717) is 40.3 Å². The standard InChI is InChI=1S/C16H16Cl2N4O/c1-10-19-14(18)13-16(20-10)22(8-5-9-23-2)15(21-13)11-6-3-4-7-12(11)17/h3-4,6-7H,5,8-9H2,1-2H3. The highest BCUT2D eigenvalue weighted by molar-refractivity contribution is 6.34. The van der Waals surface area contributed by atoms with Crippen molar-refractivity contribution in [1.29, 1.82) is 0 Å². The maximum absolute atomic E-state index is 6.34. The Balaban J connectivity index is 2.21. The van der Waals surface area contributed by atoms with Gasteiger partial charge in [-0.25, -0.2) is 15.0 Å². The normalized spacial score (nSPS) is 11.3. The van der Waals surface area contributed by atoms with Crippen LogP contribution in [0.2, 0.25) is 10.2 Å². The summed E-state index contributed by atoms with van der Waals surface area (Å²) < 4.78 is 7.17. The van der Waals surface area contributed by atoms with E-state index >= 15 is 0 Å². The van der Waals surface area contributed by atoms with Gasteiger partial charge < -0.3 is 9.30 Å². The first-order valence-corrected chi connectivity index (χ1v) is 8.01. The summed E-state index contributed by atoms with van der Waals surface area (Å²) in [5, 5.41) is 0.989. The monoisotopic (exact) mass is 350 g/mol. The van der Waals surface area contributed by atoms with Gasteiger partial charge in [0, 0.05) is 25.8 Å². The topological polar surface area (TPSA) is 52.8 Å². The third-order valence-electron chi connectivity index (χ3n) is 3.51. The number of fused-ring (bicyclic) bond motifs is 1. The van der Waals surface area contributed by atoms with Gasteiger partial charge in [-0.3, -0.25) is 0 Å². The van der Waals surface area contributed by atoms with Crippen LogP contribution < -0.4 is 0 Å². The first-order valence-electron chi connectivity index (χ1n) is 7.26. The van der Waals surface area contributed by atoms with Crippen molar-refractivity contribution in [2.24, 2.45) is 0 Å². The molecule has 0 saturated heterocycles. The van der Waals surface area contributed by atoms with Crippen molar-refractivity contribution in [3.8, 4) is 11.4 Å². The van der Waals surface area contributed by atoms with E-state index in [9.17, 15) is 0 Å². The third kappa shape index (κ3) is 3.17. The van der Waals surface area contributed by atoms with E-state index in [1.54, 1.807) is 7.11 Å². The molecule has 3 aromatic rings. The fourth-order valence-corrected chi connectivity index (χ4v) is 2.97. The molecule has 0 spiro atoms. The smallest absolute Gasteiger partial charge is 0.165 e. The Morgan fingerprint density at radius 1 is 1.13 bits per heavy atom. The molecule has 120 valence electrons. The number of benzene rings is 1. The summed E-state index contributed by atoms with van der Waals surface area (Å²) in [7, 11) is 1.68. The first-order chi connectivity index (χ1) is 11.1. The van der Waals surface area contributed by atoms with Gasteiger partial charge in [0.05, 0.1) is 5.02 Å². The highest BCUT2D eigenvalue weighted by Gasteiger charge is 2.18. The molecule has 0 fully saturated rings.